The van der Waals surface area contributed by atoms with E-state index in [2.05, 4.69) is 14.9 Å². The number of hydrogen-bond donors (Lipinski definition) is 1. The van der Waals surface area contributed by atoms with Crippen LogP contribution in [0.25, 0.3) is 0 Å². The number of aromatic nitrogens is 2. The summed E-state index contributed by atoms with van der Waals surface area (Å²) in [4.78, 5) is 10.6. The van der Waals surface area contributed by atoms with E-state index in [9.17, 15) is 0 Å². The Morgan fingerprint density at radius 3 is 2.83 bits per heavy atom. The fourth-order valence-corrected chi connectivity index (χ4v) is 2.53. The summed E-state index contributed by atoms with van der Waals surface area (Å²) < 4.78 is 5.05. The summed E-state index contributed by atoms with van der Waals surface area (Å²) in [7, 11) is 0. The van der Waals surface area contributed by atoms with E-state index in [0.29, 0.717) is 5.92 Å². The van der Waals surface area contributed by atoms with Crippen molar-refractivity contribution < 1.29 is 4.42 Å². The number of anilines is 2. The smallest absolute Gasteiger partial charge is 0.180 e. The van der Waals surface area contributed by atoms with Gasteiger partial charge in [0.05, 0.1) is 23.3 Å². The molecule has 1 fully saturated rings. The Hall–Kier alpha value is -2.04. The van der Waals surface area contributed by atoms with Crippen molar-refractivity contribution in [2.24, 2.45) is 0 Å². The number of rotatable bonds is 2. The number of piperidine rings is 1. The van der Waals surface area contributed by atoms with Gasteiger partial charge in [0.15, 0.2) is 6.39 Å². The van der Waals surface area contributed by atoms with Gasteiger partial charge in [-0.05, 0) is 18.9 Å². The molecule has 0 spiro atoms. The molecule has 2 aromatic heterocycles. The van der Waals surface area contributed by atoms with Crippen molar-refractivity contribution in [2.45, 2.75) is 18.8 Å². The number of nitrogens with two attached hydrogens (primary N) is 1. The predicted molar refractivity (Wildman–Crippen MR) is 69.3 cm³/mol. The molecular weight excluding hydrogens is 228 g/mol. The topological polar surface area (TPSA) is 68.2 Å². The highest BCUT2D eigenvalue weighted by atomic mass is 16.3. The Morgan fingerprint density at radius 2 is 2.17 bits per heavy atom. The number of nitrogen functional groups attached to an aromatic ring is 1. The van der Waals surface area contributed by atoms with E-state index in [-0.39, 0.29) is 0 Å². The van der Waals surface area contributed by atoms with Crippen LogP contribution in [-0.2, 0) is 0 Å². The van der Waals surface area contributed by atoms with Crippen LogP contribution in [0.2, 0.25) is 0 Å². The fraction of sp³-hybridized carbons (Fsp3) is 0.385. The van der Waals surface area contributed by atoms with E-state index in [1.54, 1.807) is 18.7 Å². The van der Waals surface area contributed by atoms with E-state index >= 15 is 0 Å². The van der Waals surface area contributed by atoms with Crippen LogP contribution in [0.5, 0.6) is 0 Å². The molecule has 0 amide bonds. The van der Waals surface area contributed by atoms with Gasteiger partial charge in [-0.1, -0.05) is 0 Å². The van der Waals surface area contributed by atoms with Gasteiger partial charge in [0.1, 0.15) is 6.26 Å². The minimum atomic E-state index is 0.503. The molecule has 0 bridgehead atoms. The molecule has 2 N–H and O–H groups in total. The van der Waals surface area contributed by atoms with Crippen LogP contribution in [0.4, 0.5) is 11.4 Å². The first kappa shape index (κ1) is 11.1. The van der Waals surface area contributed by atoms with Crippen LogP contribution in [0.3, 0.4) is 0 Å². The van der Waals surface area contributed by atoms with Crippen LogP contribution >= 0.6 is 0 Å². The largest absolute Gasteiger partial charge is 0.451 e. The van der Waals surface area contributed by atoms with E-state index in [4.69, 9.17) is 10.2 Å². The minimum absolute atomic E-state index is 0.503. The quantitative estimate of drug-likeness (QED) is 0.875. The number of oxazole rings is 1. The lowest BCUT2D eigenvalue weighted by Gasteiger charge is -2.33. The zero-order chi connectivity index (χ0) is 12.4. The van der Waals surface area contributed by atoms with Crippen molar-refractivity contribution in [1.29, 1.82) is 0 Å². The average molecular weight is 244 g/mol. The van der Waals surface area contributed by atoms with Crippen molar-refractivity contribution in [1.82, 2.24) is 9.97 Å². The van der Waals surface area contributed by atoms with Crippen molar-refractivity contribution in [3.05, 3.63) is 36.8 Å². The molecule has 1 aliphatic heterocycles. The molecule has 18 heavy (non-hydrogen) atoms. The first-order valence-electron chi connectivity index (χ1n) is 6.17. The monoisotopic (exact) mass is 244 g/mol. The lowest BCUT2D eigenvalue weighted by Crippen LogP contribution is -2.33. The second-order valence-corrected chi connectivity index (χ2v) is 4.61. The maximum Gasteiger partial charge on any atom is 0.180 e. The van der Waals surface area contributed by atoms with E-state index in [0.717, 1.165) is 43.0 Å². The van der Waals surface area contributed by atoms with E-state index < -0.39 is 0 Å². The zero-order valence-electron chi connectivity index (χ0n) is 10.1. The molecule has 0 atom stereocenters. The SMILES string of the molecule is Nc1cnccc1N1CCC(c2cocn2)CC1. The first-order valence-corrected chi connectivity index (χ1v) is 6.17. The number of nitrogens with zero attached hydrogens (tertiary/aromatic N) is 3. The summed E-state index contributed by atoms with van der Waals surface area (Å²) in [5, 5.41) is 0. The van der Waals surface area contributed by atoms with Crippen molar-refractivity contribution >= 4 is 11.4 Å². The summed E-state index contributed by atoms with van der Waals surface area (Å²) in [6.45, 7) is 1.98. The lowest BCUT2D eigenvalue weighted by molar-refractivity contribution is 0.492. The standard InChI is InChI=1S/C13H16N4O/c14-11-7-15-4-1-13(11)17-5-2-10(3-6-17)12-8-18-9-16-12/h1,4,7-10H,2-3,5-6,14H2. The Bertz CT molecular complexity index is 503. The Morgan fingerprint density at radius 1 is 1.33 bits per heavy atom. The molecule has 0 aromatic carbocycles. The third kappa shape index (κ3) is 2.03. The molecule has 1 saturated heterocycles. The molecule has 2 aromatic rings. The molecular formula is C13H16N4O. The van der Waals surface area contributed by atoms with Crippen LogP contribution in [-0.4, -0.2) is 23.1 Å². The molecule has 1 aliphatic rings. The number of hydrogen-bond acceptors (Lipinski definition) is 5. The van der Waals surface area contributed by atoms with Gasteiger partial charge in [-0.2, -0.15) is 0 Å². The normalized spacial score (nSPS) is 17.0. The highest BCUT2D eigenvalue weighted by Gasteiger charge is 2.23. The summed E-state index contributed by atoms with van der Waals surface area (Å²) in [6.07, 6.45) is 8.90. The molecule has 0 unspecified atom stereocenters. The van der Waals surface area contributed by atoms with Gasteiger partial charge in [0, 0.05) is 25.2 Å². The summed E-state index contributed by atoms with van der Waals surface area (Å²) in [6, 6.07) is 1.98. The highest BCUT2D eigenvalue weighted by molar-refractivity contribution is 5.66. The second kappa shape index (κ2) is 4.68. The number of pyridine rings is 1. The summed E-state index contributed by atoms with van der Waals surface area (Å²) in [5.41, 5.74) is 8.85. The maximum absolute atomic E-state index is 5.95. The second-order valence-electron chi connectivity index (χ2n) is 4.61. The maximum atomic E-state index is 5.95. The van der Waals surface area contributed by atoms with Crippen molar-refractivity contribution in [3.8, 4) is 0 Å². The van der Waals surface area contributed by atoms with Crippen molar-refractivity contribution in [2.75, 3.05) is 23.7 Å². The van der Waals surface area contributed by atoms with Gasteiger partial charge in [0.2, 0.25) is 0 Å². The van der Waals surface area contributed by atoms with Gasteiger partial charge < -0.3 is 15.1 Å². The zero-order valence-corrected chi connectivity index (χ0v) is 10.1. The van der Waals surface area contributed by atoms with Gasteiger partial charge in [-0.25, -0.2) is 4.98 Å². The molecule has 3 rings (SSSR count). The molecule has 94 valence electrons. The molecule has 0 saturated carbocycles. The third-order valence-corrected chi connectivity index (χ3v) is 3.53. The molecule has 3 heterocycles. The van der Waals surface area contributed by atoms with Crippen LogP contribution in [0, 0.1) is 0 Å². The average Bonchev–Trinajstić information content (AvgIpc) is 2.94. The molecule has 0 aliphatic carbocycles. The molecule has 5 nitrogen and oxygen atoms in total. The summed E-state index contributed by atoms with van der Waals surface area (Å²) >= 11 is 0. The van der Waals surface area contributed by atoms with Gasteiger partial charge >= 0.3 is 0 Å². The predicted octanol–water partition coefficient (Wildman–Crippen LogP) is 2.04. The highest BCUT2D eigenvalue weighted by Crippen LogP contribution is 2.31. The summed E-state index contributed by atoms with van der Waals surface area (Å²) in [5.74, 6) is 0.503. The Balaban J connectivity index is 1.69. The minimum Gasteiger partial charge on any atom is -0.451 e. The van der Waals surface area contributed by atoms with Crippen LogP contribution < -0.4 is 10.6 Å². The lowest BCUT2D eigenvalue weighted by atomic mass is 9.94. The van der Waals surface area contributed by atoms with Crippen molar-refractivity contribution in [3.63, 3.8) is 0 Å². The third-order valence-electron chi connectivity index (χ3n) is 3.53. The van der Waals surface area contributed by atoms with Gasteiger partial charge in [0.25, 0.3) is 0 Å². The van der Waals surface area contributed by atoms with Gasteiger partial charge in [-0.3, -0.25) is 4.98 Å². The van der Waals surface area contributed by atoms with Crippen LogP contribution in [0.15, 0.2) is 35.5 Å². The Kier molecular flexibility index (Phi) is 2.88. The van der Waals surface area contributed by atoms with Gasteiger partial charge in [-0.15, -0.1) is 0 Å². The molecule has 5 heteroatoms. The Labute approximate surface area is 106 Å². The van der Waals surface area contributed by atoms with Crippen LogP contribution in [0.1, 0.15) is 24.5 Å². The first-order chi connectivity index (χ1) is 8.84. The van der Waals surface area contributed by atoms with E-state index in [1.807, 2.05) is 6.07 Å². The molecule has 0 radical (unpaired) electrons. The van der Waals surface area contributed by atoms with E-state index in [1.165, 1.54) is 6.39 Å². The fourth-order valence-electron chi connectivity index (χ4n) is 2.53.